The van der Waals surface area contributed by atoms with Crippen LogP contribution in [0.5, 0.6) is 11.5 Å². The first kappa shape index (κ1) is 27.3. The first-order chi connectivity index (χ1) is 18.1. The molecule has 0 aliphatic carbocycles. The standard InChI is InChI=1S/C26H24N4O8/c1-4-12-37-23-19(6-5-7-22(23)38-15(2)3)24(31)29-21-13-16(8-10-18(21)26(33)34)28-25(32)20-11-9-17(14-27-20)30(35)36/h4-11,13-15H,1,12H2,2-3H3,(H,28,32)(H,29,31)(H,33,34). The Labute approximate surface area is 217 Å². The van der Waals surface area contributed by atoms with Crippen molar-refractivity contribution in [3.05, 3.63) is 94.3 Å². The Morgan fingerprint density at radius 1 is 1.11 bits per heavy atom. The van der Waals surface area contributed by atoms with E-state index in [0.29, 0.717) is 5.75 Å². The summed E-state index contributed by atoms with van der Waals surface area (Å²) in [7, 11) is 0. The van der Waals surface area contributed by atoms with E-state index in [1.54, 1.807) is 12.1 Å². The average molecular weight is 520 g/mol. The maximum absolute atomic E-state index is 13.2. The summed E-state index contributed by atoms with van der Waals surface area (Å²) in [6.07, 6.45) is 2.24. The summed E-state index contributed by atoms with van der Waals surface area (Å²) in [4.78, 5) is 51.5. The smallest absolute Gasteiger partial charge is 0.337 e. The van der Waals surface area contributed by atoms with Crippen LogP contribution in [0.2, 0.25) is 0 Å². The largest absolute Gasteiger partial charge is 0.487 e. The Morgan fingerprint density at radius 3 is 2.47 bits per heavy atom. The van der Waals surface area contributed by atoms with Crippen molar-refractivity contribution >= 4 is 34.8 Å². The number of carbonyl (C=O) groups is 3. The van der Waals surface area contributed by atoms with E-state index in [-0.39, 0.29) is 52.3 Å². The van der Waals surface area contributed by atoms with Crippen molar-refractivity contribution < 1.29 is 33.9 Å². The summed E-state index contributed by atoms with van der Waals surface area (Å²) in [6.45, 7) is 7.33. The molecule has 0 bridgehead atoms. The molecule has 0 saturated carbocycles. The third-order valence-corrected chi connectivity index (χ3v) is 4.88. The van der Waals surface area contributed by atoms with Crippen LogP contribution >= 0.6 is 0 Å². The number of carboxylic acid groups (broad SMARTS) is 1. The van der Waals surface area contributed by atoms with Crippen LogP contribution in [-0.2, 0) is 0 Å². The van der Waals surface area contributed by atoms with E-state index in [4.69, 9.17) is 9.47 Å². The van der Waals surface area contributed by atoms with Gasteiger partial charge in [-0.05, 0) is 50.2 Å². The van der Waals surface area contributed by atoms with E-state index >= 15 is 0 Å². The number of hydrogen-bond donors (Lipinski definition) is 3. The topological polar surface area (TPSA) is 170 Å². The van der Waals surface area contributed by atoms with E-state index in [0.717, 1.165) is 12.3 Å². The molecular formula is C26H24N4O8. The lowest BCUT2D eigenvalue weighted by Gasteiger charge is -2.18. The summed E-state index contributed by atoms with van der Waals surface area (Å²) in [6, 6.07) is 10.8. The summed E-state index contributed by atoms with van der Waals surface area (Å²) in [5.41, 5.74) is -0.470. The zero-order chi connectivity index (χ0) is 27.8. The summed E-state index contributed by atoms with van der Waals surface area (Å²) in [5.74, 6) is -2.20. The molecule has 0 atom stereocenters. The molecule has 196 valence electrons. The lowest BCUT2D eigenvalue weighted by atomic mass is 10.1. The summed E-state index contributed by atoms with van der Waals surface area (Å²) < 4.78 is 11.4. The monoisotopic (exact) mass is 520 g/mol. The third kappa shape index (κ3) is 6.69. The molecule has 2 amide bonds. The summed E-state index contributed by atoms with van der Waals surface area (Å²) in [5, 5.41) is 25.5. The van der Waals surface area contributed by atoms with Crippen molar-refractivity contribution in [3.8, 4) is 11.5 Å². The van der Waals surface area contributed by atoms with Gasteiger partial charge in [-0.2, -0.15) is 0 Å². The molecule has 0 aliphatic rings. The fourth-order valence-electron chi connectivity index (χ4n) is 3.26. The molecule has 1 aromatic heterocycles. The Morgan fingerprint density at radius 2 is 1.87 bits per heavy atom. The highest BCUT2D eigenvalue weighted by atomic mass is 16.6. The molecule has 1 heterocycles. The highest BCUT2D eigenvalue weighted by molar-refractivity contribution is 6.10. The number of aromatic nitrogens is 1. The van der Waals surface area contributed by atoms with Crippen LogP contribution in [0.25, 0.3) is 0 Å². The minimum atomic E-state index is -1.31. The molecule has 12 heteroatoms. The van der Waals surface area contributed by atoms with Gasteiger partial charge in [0, 0.05) is 11.8 Å². The fraction of sp³-hybridized carbons (Fsp3) is 0.154. The number of anilines is 2. The number of ether oxygens (including phenoxy) is 2. The molecule has 3 aromatic rings. The first-order valence-corrected chi connectivity index (χ1v) is 11.2. The van der Waals surface area contributed by atoms with Gasteiger partial charge in [0.2, 0.25) is 0 Å². The molecule has 3 rings (SSSR count). The van der Waals surface area contributed by atoms with E-state index in [9.17, 15) is 29.6 Å². The van der Waals surface area contributed by atoms with Gasteiger partial charge in [-0.3, -0.25) is 19.7 Å². The van der Waals surface area contributed by atoms with Crippen molar-refractivity contribution in [2.45, 2.75) is 20.0 Å². The van der Waals surface area contributed by atoms with Crippen LogP contribution in [-0.4, -0.2) is 45.5 Å². The number of amides is 2. The number of aromatic carboxylic acids is 1. The molecular weight excluding hydrogens is 496 g/mol. The van der Waals surface area contributed by atoms with Gasteiger partial charge in [0.1, 0.15) is 18.5 Å². The van der Waals surface area contributed by atoms with E-state index in [1.165, 1.54) is 36.4 Å². The number of rotatable bonds is 11. The molecule has 0 radical (unpaired) electrons. The van der Waals surface area contributed by atoms with Crippen LogP contribution < -0.4 is 20.1 Å². The second-order valence-electron chi connectivity index (χ2n) is 8.03. The third-order valence-electron chi connectivity index (χ3n) is 4.88. The lowest BCUT2D eigenvalue weighted by molar-refractivity contribution is -0.385. The number of nitrogens with one attached hydrogen (secondary N) is 2. The number of pyridine rings is 1. The van der Waals surface area contributed by atoms with E-state index in [2.05, 4.69) is 22.2 Å². The Kier molecular flexibility index (Phi) is 8.72. The number of nitrogens with zero attached hydrogens (tertiary/aromatic N) is 2. The SMILES string of the molecule is C=CCOc1c(OC(C)C)cccc1C(=O)Nc1cc(NC(=O)c2ccc([N+](=O)[O-])cn2)ccc1C(=O)O. The second kappa shape index (κ2) is 12.1. The van der Waals surface area contributed by atoms with Crippen LogP contribution in [0.15, 0.2) is 67.4 Å². The molecule has 0 spiro atoms. The van der Waals surface area contributed by atoms with Gasteiger partial charge in [0.05, 0.1) is 27.8 Å². The number of carboxylic acids is 1. The number of carbonyl (C=O) groups excluding carboxylic acids is 2. The summed E-state index contributed by atoms with van der Waals surface area (Å²) >= 11 is 0. The quantitative estimate of drug-likeness (QED) is 0.186. The zero-order valence-corrected chi connectivity index (χ0v) is 20.5. The van der Waals surface area contributed by atoms with Gasteiger partial charge in [0.15, 0.2) is 11.5 Å². The number of benzene rings is 2. The van der Waals surface area contributed by atoms with E-state index in [1.807, 2.05) is 13.8 Å². The van der Waals surface area contributed by atoms with Gasteiger partial charge in [-0.15, -0.1) is 0 Å². The normalized spacial score (nSPS) is 10.4. The minimum absolute atomic E-state index is 0.0888. The Hall–Kier alpha value is -5.26. The average Bonchev–Trinajstić information content (AvgIpc) is 2.87. The molecule has 0 fully saturated rings. The molecule has 0 saturated heterocycles. The predicted molar refractivity (Wildman–Crippen MR) is 138 cm³/mol. The van der Waals surface area contributed by atoms with Gasteiger partial charge in [-0.25, -0.2) is 9.78 Å². The first-order valence-electron chi connectivity index (χ1n) is 11.2. The van der Waals surface area contributed by atoms with Gasteiger partial charge >= 0.3 is 5.97 Å². The van der Waals surface area contributed by atoms with Crippen LogP contribution in [0.3, 0.4) is 0 Å². The molecule has 2 aromatic carbocycles. The van der Waals surface area contributed by atoms with Crippen molar-refractivity contribution in [1.82, 2.24) is 4.98 Å². The molecule has 38 heavy (non-hydrogen) atoms. The molecule has 12 nitrogen and oxygen atoms in total. The number of para-hydroxylation sites is 1. The minimum Gasteiger partial charge on any atom is -0.487 e. The molecule has 3 N–H and O–H groups in total. The maximum Gasteiger partial charge on any atom is 0.337 e. The highest BCUT2D eigenvalue weighted by Crippen LogP contribution is 2.33. The van der Waals surface area contributed by atoms with Gasteiger partial charge in [-0.1, -0.05) is 18.7 Å². The Balaban J connectivity index is 1.90. The predicted octanol–water partition coefficient (Wildman–Crippen LogP) is 4.54. The van der Waals surface area contributed by atoms with Crippen LogP contribution in [0.4, 0.5) is 17.1 Å². The number of hydrogen-bond acceptors (Lipinski definition) is 8. The maximum atomic E-state index is 13.2. The van der Waals surface area contributed by atoms with Crippen molar-refractivity contribution in [3.63, 3.8) is 0 Å². The van der Waals surface area contributed by atoms with Crippen molar-refractivity contribution in [2.75, 3.05) is 17.2 Å². The Bertz CT molecular complexity index is 1390. The zero-order valence-electron chi connectivity index (χ0n) is 20.5. The van der Waals surface area contributed by atoms with Gasteiger partial charge in [0.25, 0.3) is 17.5 Å². The lowest BCUT2D eigenvalue weighted by Crippen LogP contribution is -2.18. The second-order valence-corrected chi connectivity index (χ2v) is 8.03. The highest BCUT2D eigenvalue weighted by Gasteiger charge is 2.21. The van der Waals surface area contributed by atoms with Crippen LogP contribution in [0, 0.1) is 10.1 Å². The van der Waals surface area contributed by atoms with Crippen LogP contribution in [0.1, 0.15) is 45.1 Å². The molecule has 0 unspecified atom stereocenters. The van der Waals surface area contributed by atoms with Crippen molar-refractivity contribution in [2.24, 2.45) is 0 Å². The molecule has 0 aliphatic heterocycles. The van der Waals surface area contributed by atoms with Crippen molar-refractivity contribution in [1.29, 1.82) is 0 Å². The van der Waals surface area contributed by atoms with Gasteiger partial charge < -0.3 is 25.2 Å². The number of nitro groups is 1. The van der Waals surface area contributed by atoms with E-state index < -0.39 is 22.7 Å². The fourth-order valence-corrected chi connectivity index (χ4v) is 3.26.